The molecule has 5 heteroatoms. The summed E-state index contributed by atoms with van der Waals surface area (Å²) in [6.07, 6.45) is 2.99. The van der Waals surface area contributed by atoms with Crippen LogP contribution >= 0.6 is 11.3 Å². The minimum Gasteiger partial charge on any atom is -0.458 e. The summed E-state index contributed by atoms with van der Waals surface area (Å²) in [4.78, 5) is 16.4. The Balaban J connectivity index is 1.69. The van der Waals surface area contributed by atoms with E-state index in [1.54, 1.807) is 17.5 Å². The molecule has 0 unspecified atom stereocenters. The molecule has 2 atom stereocenters. The molecule has 1 fully saturated rings. The molecule has 1 heterocycles. The second-order valence-corrected chi connectivity index (χ2v) is 6.35. The maximum atomic E-state index is 12.9. The maximum absolute atomic E-state index is 12.9. The second-order valence-electron chi connectivity index (χ2n) is 5.49. The van der Waals surface area contributed by atoms with Crippen LogP contribution in [0, 0.1) is 11.7 Å². The molecule has 0 radical (unpaired) electrons. The van der Waals surface area contributed by atoms with Gasteiger partial charge in [0, 0.05) is 10.9 Å². The van der Waals surface area contributed by atoms with Crippen LogP contribution < -0.4 is 0 Å². The van der Waals surface area contributed by atoms with Crippen LogP contribution in [0.3, 0.4) is 0 Å². The van der Waals surface area contributed by atoms with Gasteiger partial charge in [-0.05, 0) is 49.4 Å². The fourth-order valence-electron chi connectivity index (χ4n) is 2.57. The molecule has 1 aliphatic carbocycles. The predicted octanol–water partition coefficient (Wildman–Crippen LogP) is 4.29. The van der Waals surface area contributed by atoms with Gasteiger partial charge in [0.25, 0.3) is 0 Å². The van der Waals surface area contributed by atoms with Gasteiger partial charge in [-0.2, -0.15) is 0 Å². The zero-order valence-corrected chi connectivity index (χ0v) is 12.5. The summed E-state index contributed by atoms with van der Waals surface area (Å²) in [5.41, 5.74) is 1.13. The molecule has 1 aromatic heterocycles. The van der Waals surface area contributed by atoms with Gasteiger partial charge in [0.2, 0.25) is 0 Å². The van der Waals surface area contributed by atoms with Crippen molar-refractivity contribution in [3.05, 3.63) is 41.2 Å². The van der Waals surface area contributed by atoms with Gasteiger partial charge >= 0.3 is 5.97 Å². The number of thiazole rings is 1. The van der Waals surface area contributed by atoms with Crippen LogP contribution in [-0.2, 0) is 4.74 Å². The average Bonchev–Trinajstić information content (AvgIpc) is 3.09. The summed E-state index contributed by atoms with van der Waals surface area (Å²) in [5.74, 6) is -0.0305. The first-order chi connectivity index (χ1) is 10.1. The van der Waals surface area contributed by atoms with Crippen molar-refractivity contribution >= 4 is 17.3 Å². The summed E-state index contributed by atoms with van der Waals surface area (Å²) in [5, 5.41) is 2.39. The number of nitrogens with zero attached hydrogens (tertiary/aromatic N) is 1. The van der Waals surface area contributed by atoms with Crippen molar-refractivity contribution in [2.24, 2.45) is 5.92 Å². The van der Waals surface area contributed by atoms with Crippen molar-refractivity contribution in [1.82, 2.24) is 4.98 Å². The molecule has 2 aromatic rings. The molecule has 21 heavy (non-hydrogen) atoms. The van der Waals surface area contributed by atoms with Crippen LogP contribution in [0.4, 0.5) is 4.39 Å². The van der Waals surface area contributed by atoms with Crippen LogP contribution in [0.15, 0.2) is 29.6 Å². The first-order valence-corrected chi connectivity index (χ1v) is 7.92. The van der Waals surface area contributed by atoms with Gasteiger partial charge < -0.3 is 4.74 Å². The number of esters is 1. The molecular weight excluding hydrogens is 289 g/mol. The topological polar surface area (TPSA) is 39.2 Å². The third-order valence-electron chi connectivity index (χ3n) is 3.72. The number of halogens is 1. The zero-order chi connectivity index (χ0) is 14.8. The molecule has 1 saturated carbocycles. The van der Waals surface area contributed by atoms with E-state index in [1.807, 2.05) is 0 Å². The Hall–Kier alpha value is -1.75. The first kappa shape index (κ1) is 14.2. The number of carbonyl (C=O) groups excluding carboxylic acids is 1. The molecular formula is C16H16FNO2S. The molecule has 3 rings (SSSR count). The Morgan fingerprint density at radius 1 is 1.33 bits per heavy atom. The smallest absolute Gasteiger partial charge is 0.358 e. The monoisotopic (exact) mass is 305 g/mol. The van der Waals surface area contributed by atoms with E-state index in [4.69, 9.17) is 4.74 Å². The lowest BCUT2D eigenvalue weighted by atomic mass is 10.1. The zero-order valence-electron chi connectivity index (χ0n) is 11.7. The number of rotatable bonds is 3. The van der Waals surface area contributed by atoms with E-state index >= 15 is 0 Å². The van der Waals surface area contributed by atoms with E-state index in [1.165, 1.54) is 23.5 Å². The Kier molecular flexibility index (Phi) is 4.01. The van der Waals surface area contributed by atoms with Crippen molar-refractivity contribution in [1.29, 1.82) is 0 Å². The summed E-state index contributed by atoms with van der Waals surface area (Å²) >= 11 is 1.36. The quantitative estimate of drug-likeness (QED) is 0.794. The van der Waals surface area contributed by atoms with Crippen LogP contribution in [0.2, 0.25) is 0 Å². The van der Waals surface area contributed by atoms with Crippen molar-refractivity contribution in [3.8, 4) is 10.6 Å². The third kappa shape index (κ3) is 3.29. The predicted molar refractivity (Wildman–Crippen MR) is 79.7 cm³/mol. The number of carbonyl (C=O) groups is 1. The summed E-state index contributed by atoms with van der Waals surface area (Å²) in [7, 11) is 0. The molecule has 0 spiro atoms. The van der Waals surface area contributed by atoms with Crippen LogP contribution in [-0.4, -0.2) is 17.1 Å². The van der Waals surface area contributed by atoms with E-state index in [0.29, 0.717) is 16.6 Å². The lowest BCUT2D eigenvalue weighted by molar-refractivity contribution is 0.0305. The van der Waals surface area contributed by atoms with E-state index < -0.39 is 0 Å². The molecule has 0 saturated heterocycles. The van der Waals surface area contributed by atoms with Gasteiger partial charge in [0.05, 0.1) is 0 Å². The number of aromatic nitrogens is 1. The largest absolute Gasteiger partial charge is 0.458 e. The van der Waals surface area contributed by atoms with Gasteiger partial charge in [-0.25, -0.2) is 14.2 Å². The number of hydrogen-bond acceptors (Lipinski definition) is 4. The molecule has 0 amide bonds. The minimum atomic E-state index is -0.362. The highest BCUT2D eigenvalue weighted by Gasteiger charge is 2.26. The van der Waals surface area contributed by atoms with Gasteiger partial charge in [0.15, 0.2) is 5.69 Å². The third-order valence-corrected chi connectivity index (χ3v) is 4.62. The highest BCUT2D eigenvalue weighted by Crippen LogP contribution is 2.29. The van der Waals surface area contributed by atoms with E-state index in [2.05, 4.69) is 11.9 Å². The Bertz CT molecular complexity index is 638. The Morgan fingerprint density at radius 2 is 2.10 bits per heavy atom. The highest BCUT2D eigenvalue weighted by atomic mass is 32.1. The SMILES string of the molecule is C[C@@H]1CC[C@H](OC(=O)c2csc(-c3ccc(F)cc3)n2)C1. The van der Waals surface area contributed by atoms with Crippen molar-refractivity contribution < 1.29 is 13.9 Å². The van der Waals surface area contributed by atoms with Crippen LogP contribution in [0.1, 0.15) is 36.7 Å². The standard InChI is InChI=1S/C16H16FNO2S/c1-10-2-7-13(8-10)20-16(19)14-9-21-15(18-14)11-3-5-12(17)6-4-11/h3-6,9-10,13H,2,7-8H2,1H3/t10-,13+/m1/s1. The summed E-state index contributed by atoms with van der Waals surface area (Å²) in [6.45, 7) is 2.17. The van der Waals surface area contributed by atoms with Gasteiger partial charge in [0.1, 0.15) is 16.9 Å². The van der Waals surface area contributed by atoms with Gasteiger partial charge in [-0.15, -0.1) is 11.3 Å². The molecule has 1 aromatic carbocycles. The normalized spacial score (nSPS) is 21.4. The molecule has 0 N–H and O–H groups in total. The highest BCUT2D eigenvalue weighted by molar-refractivity contribution is 7.13. The molecule has 0 aliphatic heterocycles. The number of benzene rings is 1. The second kappa shape index (κ2) is 5.93. The number of hydrogen-bond donors (Lipinski definition) is 0. The van der Waals surface area contributed by atoms with Gasteiger partial charge in [-0.3, -0.25) is 0 Å². The van der Waals surface area contributed by atoms with Crippen LogP contribution in [0.5, 0.6) is 0 Å². The maximum Gasteiger partial charge on any atom is 0.358 e. The summed E-state index contributed by atoms with van der Waals surface area (Å²) < 4.78 is 18.4. The lowest BCUT2D eigenvalue weighted by Crippen LogP contribution is -2.15. The lowest BCUT2D eigenvalue weighted by Gasteiger charge is -2.10. The Labute approximate surface area is 126 Å². The first-order valence-electron chi connectivity index (χ1n) is 7.04. The van der Waals surface area contributed by atoms with Crippen LogP contribution in [0.25, 0.3) is 10.6 Å². The molecule has 1 aliphatic rings. The molecule has 3 nitrogen and oxygen atoms in total. The van der Waals surface area contributed by atoms with Crippen molar-refractivity contribution in [3.63, 3.8) is 0 Å². The summed E-state index contributed by atoms with van der Waals surface area (Å²) in [6, 6.07) is 6.08. The van der Waals surface area contributed by atoms with Crippen molar-refractivity contribution in [2.45, 2.75) is 32.3 Å². The van der Waals surface area contributed by atoms with Gasteiger partial charge in [-0.1, -0.05) is 6.92 Å². The minimum absolute atomic E-state index is 0.0171. The molecule has 0 bridgehead atoms. The van der Waals surface area contributed by atoms with Crippen molar-refractivity contribution in [2.75, 3.05) is 0 Å². The fourth-order valence-corrected chi connectivity index (χ4v) is 3.36. The Morgan fingerprint density at radius 3 is 2.76 bits per heavy atom. The van der Waals surface area contributed by atoms with E-state index in [9.17, 15) is 9.18 Å². The fraction of sp³-hybridized carbons (Fsp3) is 0.375. The van der Waals surface area contributed by atoms with E-state index in [-0.39, 0.29) is 17.9 Å². The average molecular weight is 305 g/mol. The van der Waals surface area contributed by atoms with E-state index in [0.717, 1.165) is 24.8 Å². The molecule has 110 valence electrons. The number of ether oxygens (including phenoxy) is 1.